The minimum absolute atomic E-state index is 0.260. The molecule has 126 valence electrons. The van der Waals surface area contributed by atoms with Crippen LogP contribution in [-0.2, 0) is 14.1 Å². The second-order valence-corrected chi connectivity index (χ2v) is 6.62. The molecule has 8 nitrogen and oxygen atoms in total. The topological polar surface area (TPSA) is 76.3 Å². The van der Waals surface area contributed by atoms with Gasteiger partial charge in [0, 0.05) is 70.6 Å². The van der Waals surface area contributed by atoms with Crippen molar-refractivity contribution in [1.29, 1.82) is 0 Å². The Labute approximate surface area is 139 Å². The Bertz CT molecular complexity index is 860. The lowest BCUT2D eigenvalue weighted by atomic mass is 10.0. The number of rotatable bonds is 2. The van der Waals surface area contributed by atoms with E-state index in [-0.39, 0.29) is 11.2 Å². The van der Waals surface area contributed by atoms with Crippen molar-refractivity contribution in [3.8, 4) is 0 Å². The van der Waals surface area contributed by atoms with Crippen molar-refractivity contribution in [3.05, 3.63) is 45.4 Å². The quantitative estimate of drug-likeness (QED) is 0.736. The molecule has 2 atom stereocenters. The predicted molar refractivity (Wildman–Crippen MR) is 90.4 cm³/mol. The van der Waals surface area contributed by atoms with Crippen LogP contribution >= 0.6 is 0 Å². The molecular weight excluding hydrogens is 308 g/mol. The maximum Gasteiger partial charge on any atom is 0.332 e. The first-order chi connectivity index (χ1) is 11.5. The lowest BCUT2D eigenvalue weighted by Crippen LogP contribution is -2.40. The maximum atomic E-state index is 12.1. The molecule has 2 aliphatic heterocycles. The summed E-state index contributed by atoms with van der Waals surface area (Å²) in [5, 5.41) is 0. The van der Waals surface area contributed by atoms with Crippen LogP contribution in [-0.4, -0.2) is 45.3 Å². The SMILES string of the molecule is Cn1c(N2CC3CN(c4ncccn4)CC3C2)cc(=O)n(C)c1=O. The molecule has 4 rings (SSSR count). The van der Waals surface area contributed by atoms with Crippen LogP contribution in [0.3, 0.4) is 0 Å². The molecule has 8 heteroatoms. The number of anilines is 2. The Morgan fingerprint density at radius 1 is 0.917 bits per heavy atom. The lowest BCUT2D eigenvalue weighted by Gasteiger charge is -2.24. The van der Waals surface area contributed by atoms with E-state index in [9.17, 15) is 9.59 Å². The highest BCUT2D eigenvalue weighted by Crippen LogP contribution is 2.34. The molecule has 0 radical (unpaired) electrons. The standard InChI is InChI=1S/C16H20N6O2/c1-19-13(6-14(23)20(2)16(19)24)21-7-11-9-22(10-12(11)8-21)15-17-4-3-5-18-15/h3-6,11-12H,7-10H2,1-2H3. The van der Waals surface area contributed by atoms with Crippen molar-refractivity contribution in [3.63, 3.8) is 0 Å². The van der Waals surface area contributed by atoms with Gasteiger partial charge in [-0.2, -0.15) is 0 Å². The van der Waals surface area contributed by atoms with E-state index in [0.717, 1.165) is 36.7 Å². The zero-order valence-electron chi connectivity index (χ0n) is 13.8. The fourth-order valence-electron chi connectivity index (χ4n) is 3.82. The van der Waals surface area contributed by atoms with Crippen molar-refractivity contribution < 1.29 is 0 Å². The summed E-state index contributed by atoms with van der Waals surface area (Å²) in [5.41, 5.74) is -0.543. The minimum atomic E-state index is -0.283. The van der Waals surface area contributed by atoms with Crippen LogP contribution in [0.1, 0.15) is 0 Å². The van der Waals surface area contributed by atoms with Gasteiger partial charge in [-0.15, -0.1) is 0 Å². The monoisotopic (exact) mass is 328 g/mol. The Morgan fingerprint density at radius 3 is 2.12 bits per heavy atom. The smallest absolute Gasteiger partial charge is 0.332 e. The number of fused-ring (bicyclic) bond motifs is 1. The number of hydrogen-bond acceptors (Lipinski definition) is 6. The van der Waals surface area contributed by atoms with Gasteiger partial charge >= 0.3 is 5.69 Å². The summed E-state index contributed by atoms with van der Waals surface area (Å²) in [6.45, 7) is 3.50. The minimum Gasteiger partial charge on any atom is -0.357 e. The van der Waals surface area contributed by atoms with Crippen LogP contribution in [0.25, 0.3) is 0 Å². The molecule has 0 N–H and O–H groups in total. The van der Waals surface area contributed by atoms with E-state index >= 15 is 0 Å². The number of aromatic nitrogens is 4. The lowest BCUT2D eigenvalue weighted by molar-refractivity contribution is 0.533. The second kappa shape index (κ2) is 5.47. The van der Waals surface area contributed by atoms with E-state index < -0.39 is 0 Å². The Balaban J connectivity index is 1.54. The molecular formula is C16H20N6O2. The van der Waals surface area contributed by atoms with Crippen LogP contribution in [0, 0.1) is 11.8 Å². The highest BCUT2D eigenvalue weighted by molar-refractivity contribution is 5.42. The third kappa shape index (κ3) is 2.29. The van der Waals surface area contributed by atoms with Crippen molar-refractivity contribution in [2.24, 2.45) is 25.9 Å². The van der Waals surface area contributed by atoms with E-state index in [4.69, 9.17) is 0 Å². The predicted octanol–water partition coefficient (Wildman–Crippen LogP) is -0.553. The summed E-state index contributed by atoms with van der Waals surface area (Å²) in [7, 11) is 3.22. The van der Waals surface area contributed by atoms with Gasteiger partial charge in [0.25, 0.3) is 5.56 Å². The van der Waals surface area contributed by atoms with E-state index in [1.807, 2.05) is 6.07 Å². The molecule has 4 heterocycles. The third-order valence-electron chi connectivity index (χ3n) is 5.15. The molecule has 2 aromatic rings. The summed E-state index contributed by atoms with van der Waals surface area (Å²) < 4.78 is 2.69. The van der Waals surface area contributed by atoms with E-state index in [1.54, 1.807) is 30.1 Å². The normalized spacial score (nSPS) is 22.9. The summed E-state index contributed by atoms with van der Waals surface area (Å²) in [4.78, 5) is 37.1. The van der Waals surface area contributed by atoms with Crippen LogP contribution in [0.4, 0.5) is 11.8 Å². The van der Waals surface area contributed by atoms with Crippen molar-refractivity contribution in [2.45, 2.75) is 0 Å². The third-order valence-corrected chi connectivity index (χ3v) is 5.15. The zero-order chi connectivity index (χ0) is 16.8. The van der Waals surface area contributed by atoms with E-state index in [2.05, 4.69) is 19.8 Å². The van der Waals surface area contributed by atoms with Gasteiger partial charge in [0.05, 0.1) is 0 Å². The highest BCUT2D eigenvalue weighted by Gasteiger charge is 2.41. The largest absolute Gasteiger partial charge is 0.357 e. The Kier molecular flexibility index (Phi) is 3.40. The van der Waals surface area contributed by atoms with Gasteiger partial charge in [-0.1, -0.05) is 0 Å². The van der Waals surface area contributed by atoms with Gasteiger partial charge in [-0.25, -0.2) is 14.8 Å². The van der Waals surface area contributed by atoms with Gasteiger partial charge in [0.2, 0.25) is 5.95 Å². The summed E-state index contributed by atoms with van der Waals surface area (Å²) in [6.07, 6.45) is 3.52. The molecule has 0 aromatic carbocycles. The van der Waals surface area contributed by atoms with Crippen LogP contribution in [0.5, 0.6) is 0 Å². The van der Waals surface area contributed by atoms with Gasteiger partial charge in [-0.05, 0) is 6.07 Å². The average Bonchev–Trinajstić information content (AvgIpc) is 3.16. The Morgan fingerprint density at radius 2 is 1.50 bits per heavy atom. The molecule has 2 saturated heterocycles. The first-order valence-electron chi connectivity index (χ1n) is 8.08. The van der Waals surface area contributed by atoms with Gasteiger partial charge in [0.15, 0.2) is 0 Å². The first-order valence-corrected chi connectivity index (χ1v) is 8.08. The molecule has 0 amide bonds. The fourth-order valence-corrected chi connectivity index (χ4v) is 3.82. The van der Waals surface area contributed by atoms with E-state index in [1.165, 1.54) is 7.05 Å². The molecule has 0 spiro atoms. The molecule has 0 saturated carbocycles. The molecule has 2 aliphatic rings. The molecule has 2 fully saturated rings. The second-order valence-electron chi connectivity index (χ2n) is 6.62. The highest BCUT2D eigenvalue weighted by atomic mass is 16.2. The summed E-state index contributed by atoms with van der Waals surface area (Å²) in [6, 6.07) is 3.37. The van der Waals surface area contributed by atoms with Crippen molar-refractivity contribution in [2.75, 3.05) is 36.0 Å². The van der Waals surface area contributed by atoms with Gasteiger partial charge in [-0.3, -0.25) is 13.9 Å². The molecule has 24 heavy (non-hydrogen) atoms. The van der Waals surface area contributed by atoms with Gasteiger partial charge < -0.3 is 9.80 Å². The summed E-state index contributed by atoms with van der Waals surface area (Å²) >= 11 is 0. The van der Waals surface area contributed by atoms with E-state index in [0.29, 0.717) is 17.7 Å². The van der Waals surface area contributed by atoms with Crippen LogP contribution in [0.15, 0.2) is 34.1 Å². The van der Waals surface area contributed by atoms with Crippen molar-refractivity contribution in [1.82, 2.24) is 19.1 Å². The molecule has 0 bridgehead atoms. The van der Waals surface area contributed by atoms with Crippen molar-refractivity contribution >= 4 is 11.8 Å². The first kappa shape index (κ1) is 14.9. The number of nitrogens with zero attached hydrogens (tertiary/aromatic N) is 6. The average molecular weight is 328 g/mol. The molecule has 0 aliphatic carbocycles. The summed E-state index contributed by atoms with van der Waals surface area (Å²) in [5.74, 6) is 2.47. The fraction of sp³-hybridized carbons (Fsp3) is 0.500. The zero-order valence-corrected chi connectivity index (χ0v) is 13.8. The molecule has 2 aromatic heterocycles. The van der Waals surface area contributed by atoms with Gasteiger partial charge in [0.1, 0.15) is 5.82 Å². The number of hydrogen-bond donors (Lipinski definition) is 0. The van der Waals surface area contributed by atoms with Crippen LogP contribution in [0.2, 0.25) is 0 Å². The maximum absolute atomic E-state index is 12.1. The molecule has 2 unspecified atom stereocenters. The van der Waals surface area contributed by atoms with Crippen LogP contribution < -0.4 is 21.0 Å². The Hall–Kier alpha value is -2.64.